The largest absolute Gasteiger partial charge is 0.427 e. The average molecular weight is 626 g/mol. The zero-order valence-corrected chi connectivity index (χ0v) is 30.6. The molecular weight excluding hydrogens is 575 g/mol. The van der Waals surface area contributed by atoms with Crippen LogP contribution in [0.3, 0.4) is 0 Å². The number of hydrogen-bond donors (Lipinski definition) is 2. The van der Waals surface area contributed by atoms with Crippen molar-refractivity contribution < 1.29 is 9.76 Å². The van der Waals surface area contributed by atoms with Gasteiger partial charge in [0.25, 0.3) is 0 Å². The van der Waals surface area contributed by atoms with Crippen LogP contribution in [-0.2, 0) is 20.9 Å². The Bertz CT molecular complexity index is 2360. The van der Waals surface area contributed by atoms with E-state index in [1.165, 1.54) is 65.6 Å². The Balaban J connectivity index is 1.56. The van der Waals surface area contributed by atoms with Gasteiger partial charge in [-0.3, -0.25) is 0 Å². The topological polar surface area (TPSA) is 49.7 Å². The van der Waals surface area contributed by atoms with Crippen LogP contribution in [0.1, 0.15) is 107 Å². The first-order valence-electron chi connectivity index (χ1n) is 17.1. The summed E-state index contributed by atoms with van der Waals surface area (Å²) in [5, 5.41) is 18.4. The fourth-order valence-corrected chi connectivity index (χ4v) is 6.85. The summed E-state index contributed by atoms with van der Waals surface area (Å²) in [7, 11) is 1.83. The molecule has 0 aliphatic heterocycles. The van der Waals surface area contributed by atoms with E-state index >= 15 is 0 Å². The highest BCUT2D eigenvalue weighted by molar-refractivity contribution is 6.52. The lowest BCUT2D eigenvalue weighted by atomic mass is 9.77. The van der Waals surface area contributed by atoms with Crippen LogP contribution in [-0.4, -0.2) is 33.2 Å². The number of hydrogen-bond acceptors (Lipinski definition) is 2. The molecule has 1 radical (unpaired) electrons. The number of fused-ring (bicyclic) bond motifs is 9. The second-order valence-electron chi connectivity index (χ2n) is 18.1. The summed E-state index contributed by atoms with van der Waals surface area (Å²) in [4.78, 5) is 3.81. The summed E-state index contributed by atoms with van der Waals surface area (Å²) in [5.41, 5.74) is 9.10. The standard InChI is InChI=1S/C42H50BN2O2/c1-38(2,3)23-14-15-34-27(16-23)30-18-24(39(4,5)6)19-31-28-21-26-29-17-25(40(7,8)9)20-32(43-47-42(12,13)41(10,11)46)36(29)44-33(26)22-35(28)45(34)37(30)31/h14-22,44,46H,1-13H3. The van der Waals surface area contributed by atoms with Gasteiger partial charge < -0.3 is 19.1 Å². The van der Waals surface area contributed by atoms with Gasteiger partial charge in [0.2, 0.25) is 0 Å². The molecule has 0 saturated carbocycles. The van der Waals surface area contributed by atoms with Gasteiger partial charge in [0.1, 0.15) is 0 Å². The Morgan fingerprint density at radius 1 is 0.574 bits per heavy atom. The SMILES string of the molecule is CC(C)(C)c1cc([B]OC(C)(C)C(C)(C)O)c2[nH]c3cc4c(cc3c2c1)c1cc(C(C)(C)C)cc2c3cc(C(C)(C)C)ccc3n4c21. The van der Waals surface area contributed by atoms with Gasteiger partial charge >= 0.3 is 7.48 Å². The molecular formula is C42H50BN2O2. The van der Waals surface area contributed by atoms with Crippen molar-refractivity contribution in [3.05, 3.63) is 71.3 Å². The monoisotopic (exact) mass is 625 g/mol. The van der Waals surface area contributed by atoms with Gasteiger partial charge in [0, 0.05) is 43.4 Å². The molecule has 0 fully saturated rings. The molecule has 3 heterocycles. The van der Waals surface area contributed by atoms with Gasteiger partial charge in [-0.15, -0.1) is 0 Å². The minimum absolute atomic E-state index is 0.0116. The number of H-pyrrole nitrogens is 1. The number of aliphatic hydroxyl groups is 1. The quantitative estimate of drug-likeness (QED) is 0.191. The lowest BCUT2D eigenvalue weighted by Gasteiger charge is -2.37. The van der Waals surface area contributed by atoms with Crippen LogP contribution >= 0.6 is 0 Å². The Labute approximate surface area is 280 Å². The normalized spacial score (nSPS) is 14.3. The molecule has 4 nitrogen and oxygen atoms in total. The molecule has 0 aliphatic carbocycles. The predicted octanol–water partition coefficient (Wildman–Crippen LogP) is 10.2. The van der Waals surface area contributed by atoms with Gasteiger partial charge in [-0.2, -0.15) is 0 Å². The zero-order valence-electron chi connectivity index (χ0n) is 30.6. The van der Waals surface area contributed by atoms with E-state index < -0.39 is 11.2 Å². The molecule has 7 rings (SSSR count). The van der Waals surface area contributed by atoms with Crippen molar-refractivity contribution in [1.29, 1.82) is 0 Å². The average Bonchev–Trinajstić information content (AvgIpc) is 3.58. The van der Waals surface area contributed by atoms with Gasteiger partial charge in [-0.25, -0.2) is 0 Å². The van der Waals surface area contributed by atoms with Crippen LogP contribution < -0.4 is 5.46 Å². The van der Waals surface area contributed by atoms with E-state index in [0.29, 0.717) is 0 Å². The fraction of sp³-hybridized carbons (Fsp3) is 0.429. The molecule has 5 heteroatoms. The van der Waals surface area contributed by atoms with Crippen molar-refractivity contribution in [3.8, 4) is 0 Å². The van der Waals surface area contributed by atoms with Gasteiger partial charge in [-0.1, -0.05) is 74.4 Å². The highest BCUT2D eigenvalue weighted by atomic mass is 16.5. The Kier molecular flexibility index (Phi) is 6.66. The molecule has 7 aromatic rings. The maximum absolute atomic E-state index is 10.8. The smallest absolute Gasteiger partial charge is 0.333 e. The highest BCUT2D eigenvalue weighted by Crippen LogP contribution is 2.44. The lowest BCUT2D eigenvalue weighted by Crippen LogP contribution is -2.49. The summed E-state index contributed by atoms with van der Waals surface area (Å²) in [6, 6.07) is 21.2. The lowest BCUT2D eigenvalue weighted by molar-refractivity contribution is -0.0893. The third-order valence-corrected chi connectivity index (χ3v) is 10.8. The second kappa shape index (κ2) is 9.77. The number of aromatic nitrogens is 2. The van der Waals surface area contributed by atoms with E-state index in [4.69, 9.17) is 4.65 Å². The third-order valence-electron chi connectivity index (χ3n) is 10.8. The molecule has 4 aromatic carbocycles. The number of nitrogens with zero attached hydrogens (tertiary/aromatic N) is 1. The molecule has 243 valence electrons. The van der Waals surface area contributed by atoms with Crippen molar-refractivity contribution in [2.75, 3.05) is 0 Å². The summed E-state index contributed by atoms with van der Waals surface area (Å²) in [6.07, 6.45) is 0. The van der Waals surface area contributed by atoms with Crippen molar-refractivity contribution in [2.24, 2.45) is 0 Å². The zero-order chi connectivity index (χ0) is 34.2. The minimum Gasteiger partial charge on any atom is -0.427 e. The highest BCUT2D eigenvalue weighted by Gasteiger charge is 2.36. The molecule has 2 N–H and O–H groups in total. The summed E-state index contributed by atoms with van der Waals surface area (Å²) in [5.74, 6) is 0. The molecule has 0 spiro atoms. The van der Waals surface area contributed by atoms with Crippen molar-refractivity contribution in [1.82, 2.24) is 9.38 Å². The Morgan fingerprint density at radius 3 is 1.68 bits per heavy atom. The molecule has 0 bridgehead atoms. The van der Waals surface area contributed by atoms with Crippen LogP contribution in [0.4, 0.5) is 0 Å². The second-order valence-corrected chi connectivity index (χ2v) is 18.1. The minimum atomic E-state index is -1.01. The van der Waals surface area contributed by atoms with Crippen LogP contribution in [0.5, 0.6) is 0 Å². The summed E-state index contributed by atoms with van der Waals surface area (Å²) in [6.45, 7) is 28.0. The summed E-state index contributed by atoms with van der Waals surface area (Å²) < 4.78 is 8.82. The van der Waals surface area contributed by atoms with E-state index in [2.05, 4.69) is 126 Å². The van der Waals surface area contributed by atoms with Crippen molar-refractivity contribution in [3.63, 3.8) is 0 Å². The maximum atomic E-state index is 10.8. The van der Waals surface area contributed by atoms with E-state index in [0.717, 1.165) is 16.5 Å². The molecule has 3 aromatic heterocycles. The maximum Gasteiger partial charge on any atom is 0.333 e. The van der Waals surface area contributed by atoms with E-state index in [1.807, 2.05) is 21.3 Å². The fourth-order valence-electron chi connectivity index (χ4n) is 6.85. The first-order chi connectivity index (χ1) is 21.6. The van der Waals surface area contributed by atoms with Crippen molar-refractivity contribution >= 4 is 72.8 Å². The van der Waals surface area contributed by atoms with Crippen molar-refractivity contribution in [2.45, 2.75) is 117 Å². The Morgan fingerprint density at radius 2 is 1.11 bits per heavy atom. The van der Waals surface area contributed by atoms with E-state index in [-0.39, 0.29) is 16.2 Å². The van der Waals surface area contributed by atoms with Crippen LogP contribution in [0.2, 0.25) is 0 Å². The van der Waals surface area contributed by atoms with Crippen LogP contribution in [0.25, 0.3) is 59.9 Å². The first-order valence-corrected chi connectivity index (χ1v) is 17.1. The number of benzene rings is 4. The third kappa shape index (κ3) is 4.95. The van der Waals surface area contributed by atoms with E-state index in [1.54, 1.807) is 13.8 Å². The molecule has 0 atom stereocenters. The first kappa shape index (κ1) is 32.0. The molecule has 0 amide bonds. The molecule has 0 saturated heterocycles. The number of aromatic amines is 1. The number of rotatable bonds is 4. The van der Waals surface area contributed by atoms with Crippen LogP contribution in [0.15, 0.2) is 54.6 Å². The molecule has 0 aliphatic rings. The number of nitrogens with one attached hydrogen (secondary N) is 1. The van der Waals surface area contributed by atoms with Gasteiger partial charge in [-0.05, 0) is 109 Å². The van der Waals surface area contributed by atoms with Gasteiger partial charge in [0.05, 0.1) is 27.8 Å². The molecule has 0 unspecified atom stereocenters. The predicted molar refractivity (Wildman–Crippen MR) is 203 cm³/mol. The Hall–Kier alpha value is -3.54. The van der Waals surface area contributed by atoms with Gasteiger partial charge in [0.15, 0.2) is 0 Å². The summed E-state index contributed by atoms with van der Waals surface area (Å²) >= 11 is 0. The molecule has 47 heavy (non-hydrogen) atoms. The van der Waals surface area contributed by atoms with Crippen LogP contribution in [0, 0.1) is 0 Å². The van der Waals surface area contributed by atoms with E-state index in [9.17, 15) is 5.11 Å².